The van der Waals surface area contributed by atoms with Gasteiger partial charge in [-0.1, -0.05) is 62.7 Å². The average molecular weight is 597 g/mol. The lowest BCUT2D eigenvalue weighted by Crippen LogP contribution is -2.56. The summed E-state index contributed by atoms with van der Waals surface area (Å²) in [6.07, 6.45) is 0. The van der Waals surface area contributed by atoms with Crippen molar-refractivity contribution < 1.29 is 22.7 Å². The number of esters is 1. The van der Waals surface area contributed by atoms with E-state index in [0.717, 1.165) is 16.7 Å². The molecule has 2 aromatic carbocycles. The van der Waals surface area contributed by atoms with E-state index in [4.69, 9.17) is 4.74 Å². The minimum Gasteiger partial charge on any atom is -0.463 e. The van der Waals surface area contributed by atoms with Crippen molar-refractivity contribution >= 4 is 22.0 Å². The number of aryl methyl sites for hydroxylation is 1. The third-order valence-electron chi connectivity index (χ3n) is 8.01. The summed E-state index contributed by atoms with van der Waals surface area (Å²) in [6, 6.07) is 13.6. The molecule has 4 rings (SSSR count). The van der Waals surface area contributed by atoms with Crippen LogP contribution in [-0.4, -0.2) is 79.9 Å². The zero-order chi connectivity index (χ0) is 30.8. The monoisotopic (exact) mass is 596 g/mol. The largest absolute Gasteiger partial charge is 0.463 e. The van der Waals surface area contributed by atoms with Crippen molar-refractivity contribution in [3.63, 3.8) is 0 Å². The normalized spacial score (nSPS) is 20.9. The highest BCUT2D eigenvalue weighted by molar-refractivity contribution is 7.89. The molecule has 1 fully saturated rings. The van der Waals surface area contributed by atoms with Gasteiger partial charge in [0.25, 0.3) is 0 Å². The van der Waals surface area contributed by atoms with Gasteiger partial charge in [-0.15, -0.1) is 0 Å². The highest BCUT2D eigenvalue weighted by Crippen LogP contribution is 2.34. The van der Waals surface area contributed by atoms with Gasteiger partial charge in [-0.3, -0.25) is 9.80 Å². The standard InChI is InChI=1S/C32H44N4O5S/c1-8-35-27(21-34-18-19-36(23(4)20-34)42(39,40)26-16-10-22(3)11-17-26)28(30(37)41-9-2)29(33-31(35)38)24-12-14-25(15-13-24)32(5,6)7/h10-17,23,29H,8-9,18-21H2,1-7H3,(H,33,38)/t23-,29-/m0/s1. The Hall–Kier alpha value is -3.21. The molecule has 0 unspecified atom stereocenters. The molecule has 2 amide bonds. The SMILES string of the molecule is CCOC(=O)C1=C(CN2CCN(S(=O)(=O)c3ccc(C)cc3)[C@@H](C)C2)N(CC)C(=O)N[C@H]1c1ccc(C(C)(C)C)cc1. The Balaban J connectivity index is 1.66. The molecule has 42 heavy (non-hydrogen) atoms. The fourth-order valence-corrected chi connectivity index (χ4v) is 7.27. The van der Waals surface area contributed by atoms with Gasteiger partial charge in [0.05, 0.1) is 23.1 Å². The van der Waals surface area contributed by atoms with E-state index in [1.165, 1.54) is 0 Å². The number of sulfonamides is 1. The van der Waals surface area contributed by atoms with Crippen LogP contribution in [0.1, 0.15) is 64.3 Å². The summed E-state index contributed by atoms with van der Waals surface area (Å²) >= 11 is 0. The van der Waals surface area contributed by atoms with Gasteiger partial charge in [-0.05, 0) is 56.4 Å². The number of hydrogen-bond donors (Lipinski definition) is 1. The fourth-order valence-electron chi connectivity index (χ4n) is 5.66. The number of benzene rings is 2. The number of nitrogens with zero attached hydrogens (tertiary/aromatic N) is 3. The molecule has 10 heteroatoms. The maximum Gasteiger partial charge on any atom is 0.338 e. The van der Waals surface area contributed by atoms with Crippen LogP contribution in [0.4, 0.5) is 4.79 Å². The smallest absolute Gasteiger partial charge is 0.338 e. The number of urea groups is 1. The molecule has 0 spiro atoms. The van der Waals surface area contributed by atoms with Crippen LogP contribution in [0.3, 0.4) is 0 Å². The van der Waals surface area contributed by atoms with Crippen molar-refractivity contribution in [2.75, 3.05) is 39.3 Å². The first-order valence-corrected chi connectivity index (χ1v) is 16.1. The minimum absolute atomic E-state index is 0.0376. The Kier molecular flexibility index (Phi) is 9.49. The molecule has 2 heterocycles. The van der Waals surface area contributed by atoms with Crippen LogP contribution in [0.2, 0.25) is 0 Å². The average Bonchev–Trinajstić information content (AvgIpc) is 2.93. The zero-order valence-corrected chi connectivity index (χ0v) is 26.6. The van der Waals surface area contributed by atoms with Crippen molar-refractivity contribution in [2.24, 2.45) is 0 Å². The van der Waals surface area contributed by atoms with Gasteiger partial charge in [0.15, 0.2) is 0 Å². The second-order valence-electron chi connectivity index (χ2n) is 12.1. The van der Waals surface area contributed by atoms with Gasteiger partial charge in [0, 0.05) is 44.5 Å². The first kappa shape index (κ1) is 31.7. The van der Waals surface area contributed by atoms with Gasteiger partial charge < -0.3 is 10.1 Å². The number of carbonyl (C=O) groups excluding carboxylic acids is 2. The molecule has 228 valence electrons. The van der Waals surface area contributed by atoms with Crippen LogP contribution in [-0.2, 0) is 25.0 Å². The summed E-state index contributed by atoms with van der Waals surface area (Å²) in [5.74, 6) is -0.468. The predicted molar refractivity (Wildman–Crippen MR) is 163 cm³/mol. The maximum atomic E-state index is 13.5. The third kappa shape index (κ3) is 6.55. The maximum absolute atomic E-state index is 13.5. The molecule has 2 atom stereocenters. The minimum atomic E-state index is -3.65. The second-order valence-corrected chi connectivity index (χ2v) is 14.0. The Morgan fingerprint density at radius 3 is 2.21 bits per heavy atom. The van der Waals surface area contributed by atoms with E-state index in [1.807, 2.05) is 45.0 Å². The van der Waals surface area contributed by atoms with Crippen LogP contribution in [0, 0.1) is 6.92 Å². The molecule has 1 N–H and O–H groups in total. The topological polar surface area (TPSA) is 99.3 Å². The molecule has 0 aliphatic carbocycles. The Labute approximate surface area is 250 Å². The van der Waals surface area contributed by atoms with Crippen molar-refractivity contribution in [3.05, 3.63) is 76.5 Å². The predicted octanol–water partition coefficient (Wildman–Crippen LogP) is 4.59. The Bertz CT molecular complexity index is 1430. The summed E-state index contributed by atoms with van der Waals surface area (Å²) in [4.78, 5) is 30.8. The van der Waals surface area contributed by atoms with Crippen LogP contribution in [0.25, 0.3) is 0 Å². The number of rotatable bonds is 8. The van der Waals surface area contributed by atoms with Crippen molar-refractivity contribution in [3.8, 4) is 0 Å². The number of hydrogen-bond acceptors (Lipinski definition) is 6. The molecule has 9 nitrogen and oxygen atoms in total. The van der Waals surface area contributed by atoms with Gasteiger partial charge in [-0.25, -0.2) is 18.0 Å². The summed E-state index contributed by atoms with van der Waals surface area (Å²) in [7, 11) is -3.65. The summed E-state index contributed by atoms with van der Waals surface area (Å²) in [5.41, 5.74) is 3.91. The number of likely N-dealkylation sites (N-methyl/N-ethyl adjacent to an activating group) is 1. The zero-order valence-electron chi connectivity index (χ0n) is 25.8. The third-order valence-corrected chi connectivity index (χ3v) is 10.0. The number of amides is 2. The van der Waals surface area contributed by atoms with Crippen molar-refractivity contribution in [2.45, 2.75) is 70.9 Å². The highest BCUT2D eigenvalue weighted by atomic mass is 32.2. The molecule has 1 saturated heterocycles. The van der Waals surface area contributed by atoms with E-state index < -0.39 is 22.0 Å². The van der Waals surface area contributed by atoms with E-state index >= 15 is 0 Å². The lowest BCUT2D eigenvalue weighted by Gasteiger charge is -2.42. The first-order chi connectivity index (χ1) is 19.8. The van der Waals surface area contributed by atoms with Crippen LogP contribution < -0.4 is 5.32 Å². The molecular weight excluding hydrogens is 552 g/mol. The molecular formula is C32H44N4O5S. The Morgan fingerprint density at radius 2 is 1.67 bits per heavy atom. The number of nitrogens with one attached hydrogen (secondary N) is 1. The Morgan fingerprint density at radius 1 is 1.02 bits per heavy atom. The lowest BCUT2D eigenvalue weighted by atomic mass is 9.85. The summed E-state index contributed by atoms with van der Waals surface area (Å²) in [6.45, 7) is 16.0. The van der Waals surface area contributed by atoms with E-state index in [9.17, 15) is 18.0 Å². The molecule has 2 aliphatic heterocycles. The molecule has 0 radical (unpaired) electrons. The van der Waals surface area contributed by atoms with Crippen molar-refractivity contribution in [1.82, 2.24) is 19.4 Å². The van der Waals surface area contributed by atoms with Gasteiger partial charge >= 0.3 is 12.0 Å². The quantitative estimate of drug-likeness (QED) is 0.448. The lowest BCUT2D eigenvalue weighted by molar-refractivity contribution is -0.139. The van der Waals surface area contributed by atoms with Crippen LogP contribution >= 0.6 is 0 Å². The number of ether oxygens (including phenoxy) is 1. The fraction of sp³-hybridized carbons (Fsp3) is 0.500. The van der Waals surface area contributed by atoms with Crippen LogP contribution in [0.15, 0.2) is 64.7 Å². The van der Waals surface area contributed by atoms with E-state index in [1.54, 1.807) is 40.4 Å². The van der Waals surface area contributed by atoms with Gasteiger partial charge in [0.2, 0.25) is 10.0 Å². The van der Waals surface area contributed by atoms with Crippen molar-refractivity contribution in [1.29, 1.82) is 0 Å². The number of piperazine rings is 1. The first-order valence-electron chi connectivity index (χ1n) is 14.7. The highest BCUT2D eigenvalue weighted by Gasteiger charge is 2.40. The van der Waals surface area contributed by atoms with Gasteiger partial charge in [-0.2, -0.15) is 4.31 Å². The molecule has 2 aliphatic rings. The molecule has 2 aromatic rings. The molecule has 0 saturated carbocycles. The molecule has 0 bridgehead atoms. The summed E-state index contributed by atoms with van der Waals surface area (Å²) < 4.78 is 33.9. The summed E-state index contributed by atoms with van der Waals surface area (Å²) in [5, 5.41) is 3.03. The van der Waals surface area contributed by atoms with Gasteiger partial charge in [0.1, 0.15) is 0 Å². The number of carbonyl (C=O) groups is 2. The van der Waals surface area contributed by atoms with E-state index in [2.05, 4.69) is 31.0 Å². The van der Waals surface area contributed by atoms with E-state index in [0.29, 0.717) is 44.0 Å². The van der Waals surface area contributed by atoms with Crippen LogP contribution in [0.5, 0.6) is 0 Å². The molecule has 0 aromatic heterocycles. The van der Waals surface area contributed by atoms with E-state index in [-0.39, 0.29) is 29.0 Å². The second kappa shape index (κ2) is 12.6.